The molecule has 0 saturated heterocycles. The topological polar surface area (TPSA) is 113 Å². The van der Waals surface area contributed by atoms with Crippen LogP contribution in [-0.4, -0.2) is 49.0 Å². The van der Waals surface area contributed by atoms with Gasteiger partial charge in [0.2, 0.25) is 0 Å². The lowest BCUT2D eigenvalue weighted by Gasteiger charge is -2.12. The largest absolute Gasteiger partial charge is 0.310 e. The molecule has 0 aliphatic rings. The lowest BCUT2D eigenvalue weighted by molar-refractivity contribution is 1.03. The highest BCUT2D eigenvalue weighted by Crippen LogP contribution is 2.39. The highest BCUT2D eigenvalue weighted by molar-refractivity contribution is 6.13. The Morgan fingerprint density at radius 1 is 0.395 bits per heavy atom. The number of nitrogens with zero attached hydrogens (tertiary/aromatic N) is 10. The second-order valence-electron chi connectivity index (χ2n) is 18.5. The van der Waals surface area contributed by atoms with Crippen molar-refractivity contribution in [1.29, 1.82) is 0 Å². The number of hydrogen-bond donors (Lipinski definition) is 0. The maximum Gasteiger partial charge on any atom is 0.165 e. The Morgan fingerprint density at radius 3 is 1.49 bits per heavy atom. The summed E-state index contributed by atoms with van der Waals surface area (Å²) >= 11 is 0. The molecule has 76 heavy (non-hydrogen) atoms. The Kier molecular flexibility index (Phi) is 11.7. The van der Waals surface area contributed by atoms with Crippen molar-refractivity contribution < 1.29 is 0 Å². The Morgan fingerprint density at radius 2 is 0.868 bits per heavy atom. The van der Waals surface area contributed by atoms with Gasteiger partial charge in [0.15, 0.2) is 34.9 Å². The number of benzene rings is 7. The molecule has 6 heterocycles. The van der Waals surface area contributed by atoms with Gasteiger partial charge >= 0.3 is 0 Å². The summed E-state index contributed by atoms with van der Waals surface area (Å²) in [6.07, 6.45) is 15.5. The van der Waals surface area contributed by atoms with Crippen LogP contribution in [0.4, 0.5) is 0 Å². The summed E-state index contributed by atoms with van der Waals surface area (Å²) in [4.78, 5) is 38.3. The first-order valence-electron chi connectivity index (χ1n) is 25.2. The SMILES string of the molecule is C\C=C(/C=C\C=C(/C)c1nc(-c2ccccc2)nc(-c2cccnc2)n1)n1c2ccccc2c2cc(-c3ccc4c(c3)c3ccccc3n4-c3cccc(-c4nc(-c5ccccc5)nc(-c5cccnc5)n4)c3)ccc21. The summed E-state index contributed by atoms with van der Waals surface area (Å²) in [7, 11) is 0. The predicted octanol–water partition coefficient (Wildman–Crippen LogP) is 15.6. The van der Waals surface area contributed by atoms with Crippen LogP contribution in [0.3, 0.4) is 0 Å². The smallest absolute Gasteiger partial charge is 0.165 e. The van der Waals surface area contributed by atoms with Crippen molar-refractivity contribution in [3.05, 3.63) is 249 Å². The Hall–Kier alpha value is -10.3. The van der Waals surface area contributed by atoms with Crippen LogP contribution in [0.5, 0.6) is 0 Å². The normalized spacial score (nSPS) is 12.2. The number of allylic oxidation sites excluding steroid dienone is 6. The van der Waals surface area contributed by atoms with E-state index in [1.54, 1.807) is 24.8 Å². The number of fused-ring (bicyclic) bond motifs is 6. The van der Waals surface area contributed by atoms with Crippen molar-refractivity contribution in [1.82, 2.24) is 49.0 Å². The van der Waals surface area contributed by atoms with Crippen LogP contribution in [0.25, 0.3) is 129 Å². The van der Waals surface area contributed by atoms with E-state index in [1.165, 1.54) is 16.2 Å². The predicted molar refractivity (Wildman–Crippen MR) is 308 cm³/mol. The fourth-order valence-electron chi connectivity index (χ4n) is 10.0. The first-order chi connectivity index (χ1) is 37.5. The minimum Gasteiger partial charge on any atom is -0.310 e. The minimum atomic E-state index is 0.569. The molecule has 0 radical (unpaired) electrons. The molecule has 0 saturated carbocycles. The van der Waals surface area contributed by atoms with Crippen LogP contribution in [0.15, 0.2) is 243 Å². The Labute approximate surface area is 438 Å². The molecule has 6 aromatic heterocycles. The zero-order valence-corrected chi connectivity index (χ0v) is 41.6. The molecule has 0 bridgehead atoms. The summed E-state index contributed by atoms with van der Waals surface area (Å²) in [5.41, 5.74) is 14.1. The lowest BCUT2D eigenvalue weighted by Crippen LogP contribution is -2.02. The molecule has 7 aromatic carbocycles. The lowest BCUT2D eigenvalue weighted by atomic mass is 10.0. The number of hydrogen-bond acceptors (Lipinski definition) is 8. The molecular weight excluding hydrogens is 933 g/mol. The summed E-state index contributed by atoms with van der Waals surface area (Å²) < 4.78 is 4.68. The van der Waals surface area contributed by atoms with E-state index < -0.39 is 0 Å². The van der Waals surface area contributed by atoms with Gasteiger partial charge in [-0.1, -0.05) is 140 Å². The van der Waals surface area contributed by atoms with E-state index in [4.69, 9.17) is 29.9 Å². The van der Waals surface area contributed by atoms with Crippen LogP contribution < -0.4 is 0 Å². The molecule has 0 atom stereocenters. The summed E-state index contributed by atoms with van der Waals surface area (Å²) in [6.45, 7) is 4.12. The van der Waals surface area contributed by atoms with Gasteiger partial charge in [0.1, 0.15) is 0 Å². The molecule has 0 spiro atoms. The molecule has 10 nitrogen and oxygen atoms in total. The van der Waals surface area contributed by atoms with Crippen molar-refractivity contribution in [2.45, 2.75) is 13.8 Å². The van der Waals surface area contributed by atoms with Gasteiger partial charge in [-0.2, -0.15) is 0 Å². The van der Waals surface area contributed by atoms with Gasteiger partial charge in [0, 0.05) is 85.5 Å². The minimum absolute atomic E-state index is 0.569. The summed E-state index contributed by atoms with van der Waals surface area (Å²) in [5, 5.41) is 4.69. The van der Waals surface area contributed by atoms with Gasteiger partial charge in [-0.05, 0) is 109 Å². The zero-order chi connectivity index (χ0) is 51.0. The van der Waals surface area contributed by atoms with E-state index in [1.807, 2.05) is 91.9 Å². The monoisotopic (exact) mass is 978 g/mol. The molecule has 0 aliphatic carbocycles. The fraction of sp³-hybridized carbons (Fsp3) is 0.0303. The van der Waals surface area contributed by atoms with Gasteiger partial charge in [0.25, 0.3) is 0 Å². The third-order valence-electron chi connectivity index (χ3n) is 13.7. The molecular formula is C66H46N10. The maximum atomic E-state index is 5.03. The number of aromatic nitrogens is 10. The van der Waals surface area contributed by atoms with Crippen molar-refractivity contribution in [2.24, 2.45) is 0 Å². The van der Waals surface area contributed by atoms with Crippen LogP contribution in [0.1, 0.15) is 19.7 Å². The van der Waals surface area contributed by atoms with Crippen LogP contribution in [0.2, 0.25) is 0 Å². The molecule has 0 amide bonds. The van der Waals surface area contributed by atoms with E-state index in [0.717, 1.165) is 83.4 Å². The Bertz CT molecular complexity index is 4290. The summed E-state index contributed by atoms with van der Waals surface area (Å²) in [5.74, 6) is 3.55. The number of para-hydroxylation sites is 2. The van der Waals surface area contributed by atoms with Crippen LogP contribution in [0, 0.1) is 0 Å². The van der Waals surface area contributed by atoms with Gasteiger partial charge < -0.3 is 9.13 Å². The fourth-order valence-corrected chi connectivity index (χ4v) is 10.0. The third-order valence-corrected chi connectivity index (χ3v) is 13.7. The standard InChI is InChI=1S/C66H46N10/c1-3-51(26-14-18-43(2)61-69-62(44-19-6-4-7-20-44)72-65(70-61)49-24-16-36-67-41-49)75-57-30-12-10-28-53(57)55-39-46(32-34-59(55)75)47-33-35-60-56(40-47)54-29-11-13-31-58(54)76(60)52-27-15-23-48(38-52)64-71-63(45-21-8-5-9-22-45)73-66(74-64)50-25-17-37-68-42-50/h3-42H,1-2H3/b26-14-,43-18+,51-3+. The average Bonchev–Trinajstić information content (AvgIpc) is 4.10. The molecule has 13 rings (SSSR count). The van der Waals surface area contributed by atoms with Crippen molar-refractivity contribution in [2.75, 3.05) is 0 Å². The highest BCUT2D eigenvalue weighted by Gasteiger charge is 2.19. The van der Waals surface area contributed by atoms with Crippen LogP contribution >= 0.6 is 0 Å². The molecule has 0 fully saturated rings. The second-order valence-corrected chi connectivity index (χ2v) is 18.5. The molecule has 0 N–H and O–H groups in total. The first-order valence-corrected chi connectivity index (χ1v) is 25.2. The molecule has 0 aliphatic heterocycles. The quantitative estimate of drug-likeness (QED) is 0.118. The molecule has 10 heteroatoms. The van der Waals surface area contributed by atoms with Gasteiger partial charge in [-0.25, -0.2) is 29.9 Å². The van der Waals surface area contributed by atoms with Crippen molar-refractivity contribution in [3.8, 4) is 73.8 Å². The van der Waals surface area contributed by atoms with Gasteiger partial charge in [0.05, 0.1) is 22.1 Å². The zero-order valence-electron chi connectivity index (χ0n) is 41.6. The highest BCUT2D eigenvalue weighted by atomic mass is 15.1. The van der Waals surface area contributed by atoms with Gasteiger partial charge in [-0.3, -0.25) is 9.97 Å². The van der Waals surface area contributed by atoms with Crippen LogP contribution in [-0.2, 0) is 0 Å². The number of pyridine rings is 2. The third kappa shape index (κ3) is 8.49. The van der Waals surface area contributed by atoms with E-state index in [0.29, 0.717) is 34.9 Å². The van der Waals surface area contributed by atoms with Crippen molar-refractivity contribution >= 4 is 54.9 Å². The average molecular weight is 979 g/mol. The van der Waals surface area contributed by atoms with E-state index >= 15 is 0 Å². The van der Waals surface area contributed by atoms with E-state index in [9.17, 15) is 0 Å². The van der Waals surface area contributed by atoms with E-state index in [2.05, 4.69) is 160 Å². The second kappa shape index (κ2) is 19.6. The maximum absolute atomic E-state index is 5.03. The Balaban J connectivity index is 0.851. The van der Waals surface area contributed by atoms with Gasteiger partial charge in [-0.15, -0.1) is 0 Å². The summed E-state index contributed by atoms with van der Waals surface area (Å²) in [6, 6.07) is 67.1. The van der Waals surface area contributed by atoms with E-state index in [-0.39, 0.29) is 0 Å². The molecule has 360 valence electrons. The number of rotatable bonds is 11. The first kappa shape index (κ1) is 45.5. The van der Waals surface area contributed by atoms with Crippen molar-refractivity contribution in [3.63, 3.8) is 0 Å². The molecule has 13 aromatic rings. The molecule has 0 unspecified atom stereocenters.